The summed E-state index contributed by atoms with van der Waals surface area (Å²) < 4.78 is 191. The van der Waals surface area contributed by atoms with Gasteiger partial charge in [-0.1, -0.05) is 46.4 Å². The van der Waals surface area contributed by atoms with Crippen molar-refractivity contribution in [2.24, 2.45) is 0 Å². The summed E-state index contributed by atoms with van der Waals surface area (Å²) in [5.41, 5.74) is -4.33. The summed E-state index contributed by atoms with van der Waals surface area (Å²) in [5, 5.41) is -1.61. The molecule has 48 heavy (non-hydrogen) atoms. The first kappa shape index (κ1) is 42.7. The number of halogens is 20. The van der Waals surface area contributed by atoms with Crippen molar-refractivity contribution in [3.8, 4) is 0 Å². The van der Waals surface area contributed by atoms with Gasteiger partial charge in [0.05, 0.1) is 37.3 Å². The summed E-state index contributed by atoms with van der Waals surface area (Å²) in [6.07, 6.45) is -16.5. The molecule has 0 aliphatic rings. The fraction of sp³-hybridized carbons (Fsp3) is 0.167. The summed E-state index contributed by atoms with van der Waals surface area (Å²) in [7, 11) is 0. The van der Waals surface area contributed by atoms with Crippen LogP contribution in [0, 0.1) is 23.7 Å². The smallest absolute Gasteiger partial charge is 0.242 e. The number of hydrogen-bond donors (Lipinski definition) is 0. The Labute approximate surface area is 276 Å². The van der Waals surface area contributed by atoms with Gasteiger partial charge < -0.3 is 0 Å². The minimum absolute atomic E-state index is 0.0579. The maximum Gasteiger partial charge on any atom is 0.417 e. The summed E-state index contributed by atoms with van der Waals surface area (Å²) in [5.74, 6) is -5.36. The van der Waals surface area contributed by atoms with E-state index in [-0.39, 0.29) is 22.4 Å². The van der Waals surface area contributed by atoms with Gasteiger partial charge >= 0.3 is 24.7 Å². The van der Waals surface area contributed by atoms with Gasteiger partial charge in [-0.15, -0.1) is 0 Å². The van der Waals surface area contributed by atoms with Crippen molar-refractivity contribution in [3.05, 3.63) is 115 Å². The van der Waals surface area contributed by atoms with Crippen LogP contribution in [0.1, 0.15) is 22.3 Å². The summed E-state index contributed by atoms with van der Waals surface area (Å²) in [6.45, 7) is 0. The maximum absolute atomic E-state index is 12.3. The predicted molar refractivity (Wildman–Crippen MR) is 137 cm³/mol. The van der Waals surface area contributed by atoms with Crippen LogP contribution in [0.3, 0.4) is 0 Å². The van der Waals surface area contributed by atoms with Crippen molar-refractivity contribution < 1.29 is 70.2 Å². The van der Waals surface area contributed by atoms with Gasteiger partial charge in [-0.3, -0.25) is 0 Å². The summed E-state index contributed by atoms with van der Waals surface area (Å²) in [4.78, 5) is 11.5. The van der Waals surface area contributed by atoms with Gasteiger partial charge in [0, 0.05) is 24.8 Å². The van der Waals surface area contributed by atoms with Crippen molar-refractivity contribution >= 4 is 46.4 Å². The second kappa shape index (κ2) is 16.8. The highest BCUT2D eigenvalue weighted by molar-refractivity contribution is 6.41. The van der Waals surface area contributed by atoms with E-state index in [4.69, 9.17) is 46.4 Å². The molecule has 4 aromatic heterocycles. The van der Waals surface area contributed by atoms with Gasteiger partial charge in [0.25, 0.3) is 0 Å². The quantitative estimate of drug-likeness (QED) is 0.131. The molecule has 0 atom stereocenters. The minimum Gasteiger partial charge on any atom is -0.242 e. The normalized spacial score (nSPS) is 11.8. The van der Waals surface area contributed by atoms with E-state index in [0.29, 0.717) is 30.7 Å². The van der Waals surface area contributed by atoms with Gasteiger partial charge in [0.1, 0.15) is 5.15 Å². The molecule has 0 aromatic carbocycles. The highest BCUT2D eigenvalue weighted by atomic mass is 35.5. The molecule has 4 nitrogen and oxygen atoms in total. The number of alkyl halides is 12. The summed E-state index contributed by atoms with van der Waals surface area (Å²) in [6, 6.07) is 1.77. The zero-order valence-electron chi connectivity index (χ0n) is 22.0. The van der Waals surface area contributed by atoms with Crippen LogP contribution in [-0.4, -0.2) is 19.9 Å². The SMILES string of the molecule is FC(F)(F)c1cnc(Cl)c(Cl)c1.Fc1cc(C(F)(F)F)cnc1F.Fc1ncc(C(F)(F)F)cc1Cl.Fc1ncc(C(F)(F)F)cc1Cl. The third kappa shape index (κ3) is 14.0. The van der Waals surface area contributed by atoms with Crippen LogP contribution in [0.2, 0.25) is 20.2 Å². The Kier molecular flexibility index (Phi) is 15.0. The Morgan fingerprint density at radius 2 is 0.646 bits per heavy atom. The number of aromatic nitrogens is 4. The molecule has 0 spiro atoms. The average Bonchev–Trinajstić information content (AvgIpc) is 2.93. The molecule has 0 amide bonds. The van der Waals surface area contributed by atoms with Crippen LogP contribution in [0.5, 0.6) is 0 Å². The predicted octanol–water partition coefficient (Wildman–Crippen LogP) is 11.6. The second-order valence-corrected chi connectivity index (χ2v) is 9.56. The monoisotopic (exact) mass is 796 g/mol. The zero-order valence-corrected chi connectivity index (χ0v) is 25.0. The number of hydrogen-bond acceptors (Lipinski definition) is 4. The first-order valence-corrected chi connectivity index (χ1v) is 12.7. The fourth-order valence-electron chi connectivity index (χ4n) is 2.30. The van der Waals surface area contributed by atoms with Crippen LogP contribution in [-0.2, 0) is 24.7 Å². The van der Waals surface area contributed by atoms with Crippen molar-refractivity contribution in [1.82, 2.24) is 19.9 Å². The molecule has 264 valence electrons. The lowest BCUT2D eigenvalue weighted by molar-refractivity contribution is -0.138. The van der Waals surface area contributed by atoms with Crippen LogP contribution in [0.25, 0.3) is 0 Å². The Hall–Kier alpha value is -3.36. The largest absolute Gasteiger partial charge is 0.417 e. The third-order valence-corrected chi connectivity index (χ3v) is 5.71. The third-order valence-electron chi connectivity index (χ3n) is 4.49. The van der Waals surface area contributed by atoms with Crippen molar-refractivity contribution in [3.63, 3.8) is 0 Å². The van der Waals surface area contributed by atoms with E-state index < -0.39 is 80.7 Å². The van der Waals surface area contributed by atoms with Gasteiger partial charge in [-0.05, 0) is 24.3 Å². The highest BCUT2D eigenvalue weighted by Gasteiger charge is 2.34. The van der Waals surface area contributed by atoms with E-state index in [2.05, 4.69) is 19.9 Å². The molecule has 0 bridgehead atoms. The molecular formula is C24H8Cl4F16N4. The van der Waals surface area contributed by atoms with Gasteiger partial charge in [-0.25, -0.2) is 24.3 Å². The molecule has 24 heteroatoms. The van der Waals surface area contributed by atoms with Crippen LogP contribution in [0.4, 0.5) is 70.2 Å². The molecule has 0 unspecified atom stereocenters. The van der Waals surface area contributed by atoms with E-state index in [1.165, 1.54) is 0 Å². The number of pyridine rings is 4. The van der Waals surface area contributed by atoms with E-state index in [1.54, 1.807) is 0 Å². The van der Waals surface area contributed by atoms with Crippen molar-refractivity contribution in [2.45, 2.75) is 24.7 Å². The molecule has 0 N–H and O–H groups in total. The Bertz CT molecular complexity index is 1430. The van der Waals surface area contributed by atoms with E-state index >= 15 is 0 Å². The number of rotatable bonds is 0. The highest BCUT2D eigenvalue weighted by Crippen LogP contribution is 2.33. The number of nitrogens with zero attached hydrogens (tertiary/aromatic N) is 4. The van der Waals surface area contributed by atoms with E-state index in [9.17, 15) is 70.2 Å². The molecule has 0 aliphatic heterocycles. The maximum atomic E-state index is 12.3. The van der Waals surface area contributed by atoms with Gasteiger partial charge in [-0.2, -0.15) is 65.9 Å². The van der Waals surface area contributed by atoms with E-state index in [0.717, 1.165) is 6.07 Å². The molecule has 4 heterocycles. The molecular weight excluding hydrogens is 790 g/mol. The fourth-order valence-corrected chi connectivity index (χ4v) is 2.91. The molecule has 0 saturated carbocycles. The lowest BCUT2D eigenvalue weighted by Gasteiger charge is -2.05. The Morgan fingerprint density at radius 3 is 0.917 bits per heavy atom. The molecule has 0 aliphatic carbocycles. The molecule has 0 radical (unpaired) electrons. The first-order valence-electron chi connectivity index (χ1n) is 11.2. The summed E-state index contributed by atoms with van der Waals surface area (Å²) >= 11 is 20.8. The van der Waals surface area contributed by atoms with Crippen molar-refractivity contribution in [2.75, 3.05) is 0 Å². The molecule has 0 fully saturated rings. The van der Waals surface area contributed by atoms with Crippen molar-refractivity contribution in [1.29, 1.82) is 0 Å². The average molecular weight is 798 g/mol. The van der Waals surface area contributed by atoms with Gasteiger partial charge in [0.15, 0.2) is 5.82 Å². The standard InChI is InChI=1S/C6H2Cl2F3N.2C6H2ClF4N.C6H2F5N/c4*7-4-1-3(6(9,10)11)2-12-5(4)8/h4*1-2H. The molecule has 0 saturated heterocycles. The zero-order chi connectivity index (χ0) is 37.4. The lowest BCUT2D eigenvalue weighted by Crippen LogP contribution is -2.07. The van der Waals surface area contributed by atoms with Crippen LogP contribution in [0.15, 0.2) is 49.1 Å². The van der Waals surface area contributed by atoms with Gasteiger partial charge in [0.2, 0.25) is 17.8 Å². The van der Waals surface area contributed by atoms with Crippen LogP contribution < -0.4 is 0 Å². The van der Waals surface area contributed by atoms with E-state index in [1.807, 2.05) is 0 Å². The molecule has 4 rings (SSSR count). The Morgan fingerprint density at radius 1 is 0.375 bits per heavy atom. The second-order valence-electron chi connectivity index (χ2n) is 7.98. The lowest BCUT2D eigenvalue weighted by atomic mass is 10.3. The minimum atomic E-state index is -4.69. The Balaban J connectivity index is 0.000000320. The first-order chi connectivity index (χ1) is 21.6. The topological polar surface area (TPSA) is 51.6 Å². The van der Waals surface area contributed by atoms with Crippen LogP contribution >= 0.6 is 46.4 Å². The molecule has 4 aromatic rings.